The number of nitrogens with one attached hydrogen (secondary N) is 2. The van der Waals surface area contributed by atoms with E-state index in [-0.39, 0.29) is 36.7 Å². The minimum Gasteiger partial charge on any atom is -0.325 e. The van der Waals surface area contributed by atoms with Gasteiger partial charge in [-0.05, 0) is 17.7 Å². The highest BCUT2D eigenvalue weighted by Crippen LogP contribution is 2.26. The van der Waals surface area contributed by atoms with Gasteiger partial charge in [0.1, 0.15) is 5.82 Å². The fourth-order valence-corrected chi connectivity index (χ4v) is 2.66. The summed E-state index contributed by atoms with van der Waals surface area (Å²) in [5.41, 5.74) is 8.53. The molecule has 1 aromatic heterocycles. The first-order valence-corrected chi connectivity index (χ1v) is 8.66. The first kappa shape index (κ1) is 20.6. The second-order valence-electron chi connectivity index (χ2n) is 6.51. The van der Waals surface area contributed by atoms with Crippen LogP contribution in [0, 0.1) is 0 Å². The van der Waals surface area contributed by atoms with E-state index >= 15 is 0 Å². The number of hydrogen-bond acceptors (Lipinski definition) is 4. The Morgan fingerprint density at radius 1 is 1.11 bits per heavy atom. The number of rotatable bonds is 6. The van der Waals surface area contributed by atoms with Gasteiger partial charge in [0, 0.05) is 23.9 Å². The molecule has 3 aromatic rings. The minimum absolute atomic E-state index is 0. The molecule has 0 spiro atoms. The number of carbonyl (C=O) groups excluding carboxylic acids is 1. The third-order valence-corrected chi connectivity index (χ3v) is 4.12. The Labute approximate surface area is 165 Å². The van der Waals surface area contributed by atoms with Crippen molar-refractivity contribution in [2.75, 3.05) is 5.32 Å². The molecule has 1 unspecified atom stereocenters. The lowest BCUT2D eigenvalue weighted by Crippen LogP contribution is -2.20. The number of aromatic amines is 1. The highest BCUT2D eigenvalue weighted by molar-refractivity contribution is 5.95. The predicted molar refractivity (Wildman–Crippen MR) is 110 cm³/mol. The van der Waals surface area contributed by atoms with E-state index in [1.807, 2.05) is 68.4 Å². The first-order valence-electron chi connectivity index (χ1n) is 8.66. The van der Waals surface area contributed by atoms with Gasteiger partial charge in [-0.1, -0.05) is 56.3 Å². The summed E-state index contributed by atoms with van der Waals surface area (Å²) in [5, 5.41) is 10.2. The molecule has 0 aliphatic rings. The van der Waals surface area contributed by atoms with Gasteiger partial charge >= 0.3 is 0 Å². The fourth-order valence-electron chi connectivity index (χ4n) is 2.66. The van der Waals surface area contributed by atoms with E-state index in [0.717, 1.165) is 17.0 Å². The molecule has 0 radical (unpaired) electrons. The summed E-state index contributed by atoms with van der Waals surface area (Å²) in [6.07, 6.45) is 0.198. The van der Waals surface area contributed by atoms with E-state index in [9.17, 15) is 4.79 Å². The molecule has 142 valence electrons. The maximum absolute atomic E-state index is 12.5. The number of para-hydroxylation sites is 1. The summed E-state index contributed by atoms with van der Waals surface area (Å²) in [7, 11) is 0. The van der Waals surface area contributed by atoms with Crippen molar-refractivity contribution in [2.24, 2.45) is 5.73 Å². The number of aromatic nitrogens is 3. The largest absolute Gasteiger partial charge is 0.325 e. The van der Waals surface area contributed by atoms with E-state index in [1.54, 1.807) is 0 Å². The van der Waals surface area contributed by atoms with Crippen molar-refractivity contribution in [1.82, 2.24) is 15.2 Å². The first-order chi connectivity index (χ1) is 12.5. The van der Waals surface area contributed by atoms with E-state index in [2.05, 4.69) is 20.5 Å². The zero-order valence-corrected chi connectivity index (χ0v) is 16.2. The molecule has 3 rings (SSSR count). The maximum atomic E-state index is 12.5. The number of amides is 1. The van der Waals surface area contributed by atoms with E-state index < -0.39 is 0 Å². The van der Waals surface area contributed by atoms with Crippen LogP contribution in [0.5, 0.6) is 0 Å². The molecule has 0 aliphatic carbocycles. The van der Waals surface area contributed by atoms with Crippen LogP contribution in [0.4, 0.5) is 5.69 Å². The van der Waals surface area contributed by atoms with Crippen LogP contribution in [-0.4, -0.2) is 21.1 Å². The average molecular weight is 386 g/mol. The van der Waals surface area contributed by atoms with Crippen molar-refractivity contribution in [3.63, 3.8) is 0 Å². The molecule has 6 nitrogen and oxygen atoms in total. The fraction of sp³-hybridized carbons (Fsp3) is 0.250. The van der Waals surface area contributed by atoms with Gasteiger partial charge in [-0.3, -0.25) is 9.89 Å². The molecule has 0 bridgehead atoms. The summed E-state index contributed by atoms with van der Waals surface area (Å²) >= 11 is 0. The van der Waals surface area contributed by atoms with Crippen molar-refractivity contribution in [3.05, 3.63) is 66.0 Å². The lowest BCUT2D eigenvalue weighted by Gasteiger charge is -2.13. The Morgan fingerprint density at radius 3 is 2.44 bits per heavy atom. The number of nitrogens with two attached hydrogens (primary N) is 1. The molecule has 0 aliphatic heterocycles. The van der Waals surface area contributed by atoms with Crippen molar-refractivity contribution in [1.29, 1.82) is 0 Å². The topological polar surface area (TPSA) is 96.7 Å². The molecule has 0 saturated carbocycles. The van der Waals surface area contributed by atoms with Crippen LogP contribution in [-0.2, 0) is 4.79 Å². The molecule has 1 heterocycles. The smallest absolute Gasteiger partial charge is 0.226 e. The Kier molecular flexibility index (Phi) is 7.10. The number of hydrogen-bond donors (Lipinski definition) is 3. The Morgan fingerprint density at radius 2 is 1.78 bits per heavy atom. The number of nitrogens with zero attached hydrogens (tertiary/aromatic N) is 2. The van der Waals surface area contributed by atoms with Crippen LogP contribution < -0.4 is 11.1 Å². The highest BCUT2D eigenvalue weighted by atomic mass is 35.5. The van der Waals surface area contributed by atoms with E-state index in [1.165, 1.54) is 0 Å². The van der Waals surface area contributed by atoms with Gasteiger partial charge in [0.15, 0.2) is 5.82 Å². The van der Waals surface area contributed by atoms with Gasteiger partial charge in [0.2, 0.25) is 5.91 Å². The quantitative estimate of drug-likeness (QED) is 0.596. The van der Waals surface area contributed by atoms with Crippen LogP contribution in [0.1, 0.15) is 43.6 Å². The predicted octanol–water partition coefficient (Wildman–Crippen LogP) is 4.05. The van der Waals surface area contributed by atoms with Crippen LogP contribution in [0.3, 0.4) is 0 Å². The standard InChI is InChI=1S/C20H23N5O.ClH/c1-13(2)19-23-20(25-24-19)15-10-6-7-11-17(15)22-18(26)12-16(21)14-8-4-3-5-9-14;/h3-11,13,16H,12,21H2,1-2H3,(H,22,26)(H,23,24,25);1H. The van der Waals surface area contributed by atoms with E-state index in [0.29, 0.717) is 11.5 Å². The van der Waals surface area contributed by atoms with Gasteiger partial charge in [-0.25, -0.2) is 4.98 Å². The number of carbonyl (C=O) groups is 1. The number of H-pyrrole nitrogens is 1. The molecular formula is C20H24ClN5O. The zero-order chi connectivity index (χ0) is 18.5. The van der Waals surface area contributed by atoms with Gasteiger partial charge in [0.05, 0.1) is 5.69 Å². The lowest BCUT2D eigenvalue weighted by atomic mass is 10.0. The molecule has 1 amide bonds. The zero-order valence-electron chi connectivity index (χ0n) is 15.3. The SMILES string of the molecule is CC(C)c1nc(-c2ccccc2NC(=O)CC(N)c2ccccc2)n[nH]1.Cl. The third-order valence-electron chi connectivity index (χ3n) is 4.12. The van der Waals surface area contributed by atoms with Gasteiger partial charge in [-0.15, -0.1) is 12.4 Å². The number of halogens is 1. The Bertz CT molecular complexity index is 879. The molecule has 1 atom stereocenters. The van der Waals surface area contributed by atoms with Crippen molar-refractivity contribution >= 4 is 24.0 Å². The molecular weight excluding hydrogens is 362 g/mol. The number of benzene rings is 2. The molecule has 7 heteroatoms. The maximum Gasteiger partial charge on any atom is 0.226 e. The lowest BCUT2D eigenvalue weighted by molar-refractivity contribution is -0.116. The second-order valence-corrected chi connectivity index (χ2v) is 6.51. The number of anilines is 1. The van der Waals surface area contributed by atoms with Gasteiger partial charge in [0.25, 0.3) is 0 Å². The summed E-state index contributed by atoms with van der Waals surface area (Å²) in [6.45, 7) is 4.09. The summed E-state index contributed by atoms with van der Waals surface area (Å²) < 4.78 is 0. The summed E-state index contributed by atoms with van der Waals surface area (Å²) in [5.74, 6) is 1.49. The van der Waals surface area contributed by atoms with E-state index in [4.69, 9.17) is 5.73 Å². The minimum atomic E-state index is -0.348. The summed E-state index contributed by atoms with van der Waals surface area (Å²) in [6, 6.07) is 16.7. The highest BCUT2D eigenvalue weighted by Gasteiger charge is 2.16. The summed E-state index contributed by atoms with van der Waals surface area (Å²) in [4.78, 5) is 17.0. The Hall–Kier alpha value is -2.70. The average Bonchev–Trinajstić information content (AvgIpc) is 3.13. The molecule has 0 fully saturated rings. The van der Waals surface area contributed by atoms with Crippen LogP contribution >= 0.6 is 12.4 Å². The second kappa shape index (κ2) is 9.30. The molecule has 2 aromatic carbocycles. The van der Waals surface area contributed by atoms with Crippen LogP contribution in [0.25, 0.3) is 11.4 Å². The van der Waals surface area contributed by atoms with Gasteiger partial charge in [-0.2, -0.15) is 5.10 Å². The van der Waals surface area contributed by atoms with Crippen LogP contribution in [0.15, 0.2) is 54.6 Å². The molecule has 4 N–H and O–H groups in total. The molecule has 27 heavy (non-hydrogen) atoms. The van der Waals surface area contributed by atoms with Crippen LogP contribution in [0.2, 0.25) is 0 Å². The van der Waals surface area contributed by atoms with Crippen molar-refractivity contribution in [3.8, 4) is 11.4 Å². The normalized spacial score (nSPS) is 11.7. The van der Waals surface area contributed by atoms with Gasteiger partial charge < -0.3 is 11.1 Å². The van der Waals surface area contributed by atoms with Crippen molar-refractivity contribution in [2.45, 2.75) is 32.2 Å². The third kappa shape index (κ3) is 5.15. The molecule has 0 saturated heterocycles. The van der Waals surface area contributed by atoms with Crippen molar-refractivity contribution < 1.29 is 4.79 Å². The Balaban J connectivity index is 0.00000261. The monoisotopic (exact) mass is 385 g/mol.